The van der Waals surface area contributed by atoms with E-state index in [1.54, 1.807) is 18.3 Å². The molecular weight excluding hydrogens is 402 g/mol. The van der Waals surface area contributed by atoms with E-state index in [-0.39, 0.29) is 22.9 Å². The fourth-order valence-electron chi connectivity index (χ4n) is 3.33. The van der Waals surface area contributed by atoms with E-state index in [0.29, 0.717) is 23.9 Å². The van der Waals surface area contributed by atoms with Crippen molar-refractivity contribution in [3.8, 4) is 11.5 Å². The highest BCUT2D eigenvalue weighted by Crippen LogP contribution is 2.37. The Morgan fingerprint density at radius 2 is 1.90 bits per heavy atom. The monoisotopic (exact) mass is 423 g/mol. The number of anilines is 1. The number of hydrogen-bond donors (Lipinski definition) is 1. The second kappa shape index (κ2) is 7.89. The molecule has 0 radical (unpaired) electrons. The quantitative estimate of drug-likeness (QED) is 0.677. The average molecular weight is 423 g/mol. The molecule has 3 aromatic rings. The summed E-state index contributed by atoms with van der Waals surface area (Å²) in [6, 6.07) is 15.3. The first-order chi connectivity index (χ1) is 14.4. The first kappa shape index (κ1) is 20.1. The van der Waals surface area contributed by atoms with Gasteiger partial charge in [0.1, 0.15) is 5.75 Å². The lowest BCUT2D eigenvalue weighted by Gasteiger charge is -2.18. The maximum atomic E-state index is 13.1. The Labute approximate surface area is 175 Å². The van der Waals surface area contributed by atoms with Crippen LogP contribution in [0.4, 0.5) is 5.82 Å². The molecule has 2 aromatic carbocycles. The molecule has 8 heteroatoms. The highest BCUT2D eigenvalue weighted by molar-refractivity contribution is 7.89. The van der Waals surface area contributed by atoms with E-state index >= 15 is 0 Å². The van der Waals surface area contributed by atoms with Crippen molar-refractivity contribution in [3.05, 3.63) is 77.5 Å². The topological polar surface area (TPSA) is 88.6 Å². The number of hydrogen-bond acceptors (Lipinski definition) is 5. The van der Waals surface area contributed by atoms with Gasteiger partial charge in [-0.25, -0.2) is 18.1 Å². The SMILES string of the molecule is CCN1C(=O)c2cc(S(=O)(=O)NCc3cccc(C)c3)ccc2Oc2cccnc21. The van der Waals surface area contributed by atoms with Gasteiger partial charge in [0.2, 0.25) is 10.0 Å². The van der Waals surface area contributed by atoms with E-state index in [1.807, 2.05) is 38.1 Å². The number of carbonyl (C=O) groups is 1. The van der Waals surface area contributed by atoms with E-state index in [2.05, 4.69) is 9.71 Å². The fraction of sp³-hybridized carbons (Fsp3) is 0.182. The summed E-state index contributed by atoms with van der Waals surface area (Å²) in [5, 5.41) is 0. The second-order valence-electron chi connectivity index (χ2n) is 6.95. The van der Waals surface area contributed by atoms with Gasteiger partial charge in [-0.15, -0.1) is 0 Å². The fourth-order valence-corrected chi connectivity index (χ4v) is 4.38. The Morgan fingerprint density at radius 1 is 1.07 bits per heavy atom. The number of pyridine rings is 1. The lowest BCUT2D eigenvalue weighted by Crippen LogP contribution is -2.31. The van der Waals surface area contributed by atoms with Crippen molar-refractivity contribution in [3.63, 3.8) is 0 Å². The number of fused-ring (bicyclic) bond motifs is 2. The molecule has 0 bridgehead atoms. The average Bonchev–Trinajstić information content (AvgIpc) is 2.85. The molecule has 4 rings (SSSR count). The minimum atomic E-state index is -3.82. The van der Waals surface area contributed by atoms with Crippen LogP contribution in [-0.2, 0) is 16.6 Å². The van der Waals surface area contributed by atoms with E-state index in [9.17, 15) is 13.2 Å². The smallest absolute Gasteiger partial charge is 0.263 e. The van der Waals surface area contributed by atoms with Crippen molar-refractivity contribution in [1.82, 2.24) is 9.71 Å². The number of nitrogens with zero attached hydrogens (tertiary/aromatic N) is 2. The van der Waals surface area contributed by atoms with Crippen molar-refractivity contribution >= 4 is 21.7 Å². The summed E-state index contributed by atoms with van der Waals surface area (Å²) >= 11 is 0. The number of carbonyl (C=O) groups excluding carboxylic acids is 1. The van der Waals surface area contributed by atoms with Gasteiger partial charge in [0.05, 0.1) is 10.5 Å². The van der Waals surface area contributed by atoms with Crippen molar-refractivity contribution in [1.29, 1.82) is 0 Å². The molecule has 1 N–H and O–H groups in total. The molecule has 2 heterocycles. The van der Waals surface area contributed by atoms with E-state index < -0.39 is 10.0 Å². The molecule has 7 nitrogen and oxygen atoms in total. The molecule has 1 amide bonds. The first-order valence-corrected chi connectivity index (χ1v) is 11.0. The van der Waals surface area contributed by atoms with E-state index in [4.69, 9.17) is 4.74 Å². The van der Waals surface area contributed by atoms with Crippen molar-refractivity contribution in [2.75, 3.05) is 11.4 Å². The van der Waals surface area contributed by atoms with Crippen LogP contribution in [0.5, 0.6) is 11.5 Å². The van der Waals surface area contributed by atoms with Gasteiger partial charge < -0.3 is 4.74 Å². The Balaban J connectivity index is 1.67. The molecule has 0 saturated heterocycles. The zero-order valence-electron chi connectivity index (χ0n) is 16.6. The van der Waals surface area contributed by atoms with Gasteiger partial charge >= 0.3 is 0 Å². The van der Waals surface area contributed by atoms with Crippen molar-refractivity contribution in [2.24, 2.45) is 0 Å². The van der Waals surface area contributed by atoms with Crippen LogP contribution in [0.15, 0.2) is 65.7 Å². The van der Waals surface area contributed by atoms with Crippen molar-refractivity contribution in [2.45, 2.75) is 25.3 Å². The van der Waals surface area contributed by atoms with Gasteiger partial charge in [-0.05, 0) is 49.7 Å². The summed E-state index contributed by atoms with van der Waals surface area (Å²) in [6.07, 6.45) is 1.58. The molecule has 0 fully saturated rings. The molecular formula is C22H21N3O4S. The third kappa shape index (κ3) is 3.79. The standard InChI is InChI=1S/C22H21N3O4S/c1-3-25-21-20(8-5-11-23-21)29-19-10-9-17(13-18(19)22(25)26)30(27,28)24-14-16-7-4-6-15(2)12-16/h4-13,24H,3,14H2,1-2H3. The third-order valence-corrected chi connectivity index (χ3v) is 6.23. The van der Waals surface area contributed by atoms with Crippen LogP contribution >= 0.6 is 0 Å². The Bertz CT molecular complexity index is 1220. The van der Waals surface area contributed by atoms with Crippen LogP contribution < -0.4 is 14.4 Å². The van der Waals surface area contributed by atoms with E-state index in [1.165, 1.54) is 23.1 Å². The lowest BCUT2D eigenvalue weighted by atomic mass is 10.1. The summed E-state index contributed by atoms with van der Waals surface area (Å²) in [7, 11) is -3.82. The lowest BCUT2D eigenvalue weighted by molar-refractivity contribution is 0.0987. The number of sulfonamides is 1. The molecule has 30 heavy (non-hydrogen) atoms. The zero-order valence-corrected chi connectivity index (χ0v) is 17.4. The third-order valence-electron chi connectivity index (χ3n) is 4.83. The minimum absolute atomic E-state index is 0.000761. The van der Waals surface area contributed by atoms with E-state index in [0.717, 1.165) is 11.1 Å². The number of nitrogens with one attached hydrogen (secondary N) is 1. The van der Waals surface area contributed by atoms with Crippen LogP contribution in [0.1, 0.15) is 28.4 Å². The number of amides is 1. The Hall–Kier alpha value is -3.23. The number of ether oxygens (including phenoxy) is 1. The molecule has 0 spiro atoms. The summed E-state index contributed by atoms with van der Waals surface area (Å²) in [5.41, 5.74) is 2.08. The number of aromatic nitrogens is 1. The van der Waals surface area contributed by atoms with Gasteiger partial charge in [-0.1, -0.05) is 29.8 Å². The first-order valence-electron chi connectivity index (χ1n) is 9.53. The summed E-state index contributed by atoms with van der Waals surface area (Å²) in [4.78, 5) is 18.8. The van der Waals surface area contributed by atoms with Crippen LogP contribution in [-0.4, -0.2) is 25.9 Å². The van der Waals surface area contributed by atoms with Crippen LogP contribution in [0.3, 0.4) is 0 Å². The predicted octanol–water partition coefficient (Wildman–Crippen LogP) is 3.64. The van der Waals surface area contributed by atoms with Gasteiger partial charge in [-0.2, -0.15) is 0 Å². The summed E-state index contributed by atoms with van der Waals surface area (Å²) in [5.74, 6) is 0.784. The molecule has 1 aliphatic rings. The zero-order chi connectivity index (χ0) is 21.3. The molecule has 1 aliphatic heterocycles. The molecule has 0 atom stereocenters. The number of aryl methyl sites for hydroxylation is 1. The normalized spacial score (nSPS) is 13.3. The number of rotatable bonds is 5. The van der Waals surface area contributed by atoms with Gasteiger partial charge in [-0.3, -0.25) is 9.69 Å². The van der Waals surface area contributed by atoms with Gasteiger partial charge in [0.25, 0.3) is 5.91 Å². The number of benzene rings is 2. The molecule has 154 valence electrons. The summed E-state index contributed by atoms with van der Waals surface area (Å²) < 4.78 is 34.2. The second-order valence-corrected chi connectivity index (χ2v) is 8.72. The Kier molecular flexibility index (Phi) is 5.27. The Morgan fingerprint density at radius 3 is 2.67 bits per heavy atom. The van der Waals surface area contributed by atoms with Gasteiger partial charge in [0.15, 0.2) is 11.6 Å². The van der Waals surface area contributed by atoms with Crippen LogP contribution in [0.25, 0.3) is 0 Å². The maximum Gasteiger partial charge on any atom is 0.263 e. The predicted molar refractivity (Wildman–Crippen MR) is 113 cm³/mol. The van der Waals surface area contributed by atoms with Gasteiger partial charge in [0, 0.05) is 19.3 Å². The minimum Gasteiger partial charge on any atom is -0.453 e. The molecule has 0 saturated carbocycles. The maximum absolute atomic E-state index is 13.1. The van der Waals surface area contributed by atoms with Crippen LogP contribution in [0.2, 0.25) is 0 Å². The molecule has 0 unspecified atom stereocenters. The molecule has 0 aliphatic carbocycles. The largest absolute Gasteiger partial charge is 0.453 e. The molecule has 1 aromatic heterocycles. The highest BCUT2D eigenvalue weighted by atomic mass is 32.2. The van der Waals surface area contributed by atoms with Crippen molar-refractivity contribution < 1.29 is 17.9 Å². The van der Waals surface area contributed by atoms with Crippen LogP contribution in [0, 0.1) is 6.92 Å². The summed E-state index contributed by atoms with van der Waals surface area (Å²) in [6.45, 7) is 4.30. The highest BCUT2D eigenvalue weighted by Gasteiger charge is 2.29.